The van der Waals surface area contributed by atoms with Gasteiger partial charge in [-0.2, -0.15) is 4.31 Å². The second-order valence-corrected chi connectivity index (χ2v) is 11.1. The van der Waals surface area contributed by atoms with Gasteiger partial charge in [-0.1, -0.05) is 49.2 Å². The van der Waals surface area contributed by atoms with Crippen LogP contribution in [0.1, 0.15) is 37.8 Å². The number of aromatic nitrogens is 1. The first-order chi connectivity index (χ1) is 15.2. The molecule has 0 aliphatic heterocycles. The molecule has 3 aromatic rings. The van der Waals surface area contributed by atoms with E-state index in [1.807, 2.05) is 43.0 Å². The Balaban J connectivity index is 2.07. The van der Waals surface area contributed by atoms with Crippen molar-refractivity contribution in [1.82, 2.24) is 8.87 Å². The van der Waals surface area contributed by atoms with Crippen LogP contribution < -0.4 is 4.80 Å². The Morgan fingerprint density at radius 1 is 1.06 bits per heavy atom. The maximum Gasteiger partial charge on any atom is 0.244 e. The molecular formula is C24H30ClN3O2S2. The van der Waals surface area contributed by atoms with Crippen LogP contribution in [0.5, 0.6) is 0 Å². The Labute approximate surface area is 200 Å². The van der Waals surface area contributed by atoms with Crippen LogP contribution in [-0.4, -0.2) is 30.4 Å². The van der Waals surface area contributed by atoms with Gasteiger partial charge < -0.3 is 4.57 Å². The van der Waals surface area contributed by atoms with E-state index in [9.17, 15) is 8.42 Å². The summed E-state index contributed by atoms with van der Waals surface area (Å²) >= 11 is 7.89. The molecule has 32 heavy (non-hydrogen) atoms. The van der Waals surface area contributed by atoms with E-state index in [-0.39, 0.29) is 9.92 Å². The maximum atomic E-state index is 13.3. The van der Waals surface area contributed by atoms with Crippen LogP contribution in [0.15, 0.2) is 51.7 Å². The molecule has 1 heterocycles. The minimum absolute atomic E-state index is 0.151. The van der Waals surface area contributed by atoms with E-state index < -0.39 is 10.0 Å². The van der Waals surface area contributed by atoms with Crippen molar-refractivity contribution in [3.63, 3.8) is 0 Å². The molecule has 0 N–H and O–H groups in total. The molecule has 0 saturated heterocycles. The minimum Gasteiger partial charge on any atom is -0.320 e. The van der Waals surface area contributed by atoms with Crippen molar-refractivity contribution in [1.29, 1.82) is 0 Å². The van der Waals surface area contributed by atoms with Gasteiger partial charge in [0.2, 0.25) is 10.0 Å². The van der Waals surface area contributed by atoms with Crippen molar-refractivity contribution >= 4 is 38.6 Å². The summed E-state index contributed by atoms with van der Waals surface area (Å²) in [6.07, 6.45) is 1.50. The molecule has 8 heteroatoms. The monoisotopic (exact) mass is 491 g/mol. The second-order valence-electron chi connectivity index (χ2n) is 7.91. The van der Waals surface area contributed by atoms with Crippen molar-refractivity contribution in [2.24, 2.45) is 12.0 Å². The number of nitrogens with zero attached hydrogens (tertiary/aromatic N) is 3. The summed E-state index contributed by atoms with van der Waals surface area (Å²) in [5.74, 6) is 0. The van der Waals surface area contributed by atoms with Crippen LogP contribution in [0.25, 0.3) is 11.3 Å². The Kier molecular flexibility index (Phi) is 7.98. The van der Waals surface area contributed by atoms with Crippen molar-refractivity contribution < 1.29 is 8.42 Å². The summed E-state index contributed by atoms with van der Waals surface area (Å²) in [6.45, 7) is 9.01. The van der Waals surface area contributed by atoms with Crippen molar-refractivity contribution in [3.05, 3.63) is 62.7 Å². The second kappa shape index (κ2) is 10.3. The number of thiazole rings is 1. The SMILES string of the molecule is CCCN(CCC)S(=O)(=O)c1cc(-c2cs/c(=N/c3ccc(C)cc3C)n2C)ccc1Cl. The van der Waals surface area contributed by atoms with E-state index >= 15 is 0 Å². The number of hydrogen-bond donors (Lipinski definition) is 0. The third-order valence-corrected chi connectivity index (χ3v) is 8.58. The molecular weight excluding hydrogens is 462 g/mol. The molecule has 172 valence electrons. The summed E-state index contributed by atoms with van der Waals surface area (Å²) in [5, 5.41) is 2.24. The van der Waals surface area contributed by atoms with Crippen LogP contribution in [0, 0.1) is 13.8 Å². The molecule has 0 unspecified atom stereocenters. The first-order valence-corrected chi connectivity index (χ1v) is 13.4. The van der Waals surface area contributed by atoms with Gasteiger partial charge in [-0.05, 0) is 50.5 Å². The molecule has 0 aliphatic rings. The Hall–Kier alpha value is -1.93. The smallest absolute Gasteiger partial charge is 0.244 e. The molecule has 0 radical (unpaired) electrons. The highest BCUT2D eigenvalue weighted by molar-refractivity contribution is 7.89. The third-order valence-electron chi connectivity index (χ3n) is 5.28. The molecule has 0 amide bonds. The molecule has 5 nitrogen and oxygen atoms in total. The fourth-order valence-corrected chi connectivity index (χ4v) is 6.66. The number of rotatable bonds is 8. The van der Waals surface area contributed by atoms with Crippen molar-refractivity contribution in [3.8, 4) is 11.3 Å². The first kappa shape index (κ1) is 24.7. The fraction of sp³-hybridized carbons (Fsp3) is 0.375. The van der Waals surface area contributed by atoms with Crippen LogP contribution in [0.2, 0.25) is 5.02 Å². The van der Waals surface area contributed by atoms with Crippen molar-refractivity contribution in [2.75, 3.05) is 13.1 Å². The minimum atomic E-state index is -3.68. The van der Waals surface area contributed by atoms with Gasteiger partial charge in [-0.3, -0.25) is 0 Å². The van der Waals surface area contributed by atoms with E-state index in [4.69, 9.17) is 16.6 Å². The first-order valence-electron chi connectivity index (χ1n) is 10.8. The van der Waals surface area contributed by atoms with E-state index in [2.05, 4.69) is 26.0 Å². The lowest BCUT2D eigenvalue weighted by Gasteiger charge is -2.22. The van der Waals surface area contributed by atoms with Gasteiger partial charge >= 0.3 is 0 Å². The average Bonchev–Trinajstić information content (AvgIpc) is 3.10. The highest BCUT2D eigenvalue weighted by atomic mass is 35.5. The summed E-state index contributed by atoms with van der Waals surface area (Å²) in [6, 6.07) is 11.4. The Morgan fingerprint density at radius 2 is 1.75 bits per heavy atom. The molecule has 0 spiro atoms. The third kappa shape index (κ3) is 5.17. The standard InChI is InChI=1S/C24H30ClN3O2S2/c1-6-12-28(13-7-2)32(29,30)23-15-19(9-10-20(23)25)22-16-31-24(27(22)5)26-21-11-8-17(3)14-18(21)4/h8-11,14-16H,6-7,12-13H2,1-5H3/b26-24+. The average molecular weight is 492 g/mol. The van der Waals surface area contributed by atoms with Crippen LogP contribution >= 0.6 is 22.9 Å². The number of hydrogen-bond acceptors (Lipinski definition) is 4. The van der Waals surface area contributed by atoms with Crippen LogP contribution in [0.4, 0.5) is 5.69 Å². The highest BCUT2D eigenvalue weighted by Gasteiger charge is 2.26. The molecule has 0 atom stereocenters. The zero-order chi connectivity index (χ0) is 23.5. The molecule has 0 bridgehead atoms. The largest absolute Gasteiger partial charge is 0.320 e. The molecule has 3 rings (SSSR count). The van der Waals surface area contributed by atoms with Crippen LogP contribution in [0.3, 0.4) is 0 Å². The molecule has 1 aromatic heterocycles. The number of benzene rings is 2. The fourth-order valence-electron chi connectivity index (χ4n) is 3.62. The van der Waals surface area contributed by atoms with E-state index in [0.29, 0.717) is 13.1 Å². The van der Waals surface area contributed by atoms with Crippen molar-refractivity contribution in [2.45, 2.75) is 45.4 Å². The zero-order valence-electron chi connectivity index (χ0n) is 19.2. The molecule has 0 saturated carbocycles. The molecule has 0 aliphatic carbocycles. The lowest BCUT2D eigenvalue weighted by atomic mass is 10.1. The predicted octanol–water partition coefficient (Wildman–Crippen LogP) is 6.07. The number of halogens is 1. The van der Waals surface area contributed by atoms with Crippen LogP contribution in [-0.2, 0) is 17.1 Å². The van der Waals surface area contributed by atoms with E-state index in [1.165, 1.54) is 21.2 Å². The van der Waals surface area contributed by atoms with Gasteiger partial charge in [0, 0.05) is 31.1 Å². The van der Waals surface area contributed by atoms with Gasteiger partial charge in [-0.25, -0.2) is 13.4 Å². The topological polar surface area (TPSA) is 54.7 Å². The summed E-state index contributed by atoms with van der Waals surface area (Å²) in [7, 11) is -1.74. The molecule has 0 fully saturated rings. The van der Waals surface area contributed by atoms with E-state index in [1.54, 1.807) is 12.1 Å². The normalized spacial score (nSPS) is 12.7. The lowest BCUT2D eigenvalue weighted by molar-refractivity contribution is 0.410. The highest BCUT2D eigenvalue weighted by Crippen LogP contribution is 2.31. The van der Waals surface area contributed by atoms with E-state index in [0.717, 1.165) is 40.2 Å². The Bertz CT molecular complexity index is 1270. The summed E-state index contributed by atoms with van der Waals surface area (Å²) < 4.78 is 30.2. The van der Waals surface area contributed by atoms with Gasteiger partial charge in [0.15, 0.2) is 4.80 Å². The summed E-state index contributed by atoms with van der Waals surface area (Å²) in [5.41, 5.74) is 4.93. The number of sulfonamides is 1. The van der Waals surface area contributed by atoms with Gasteiger partial charge in [0.25, 0.3) is 0 Å². The Morgan fingerprint density at radius 3 is 2.38 bits per heavy atom. The lowest BCUT2D eigenvalue weighted by Crippen LogP contribution is -2.32. The number of aryl methyl sites for hydroxylation is 2. The van der Waals surface area contributed by atoms with Gasteiger partial charge in [0.1, 0.15) is 4.90 Å². The summed E-state index contributed by atoms with van der Waals surface area (Å²) in [4.78, 5) is 5.81. The predicted molar refractivity (Wildman–Crippen MR) is 134 cm³/mol. The van der Waals surface area contributed by atoms with Gasteiger partial charge in [0.05, 0.1) is 16.4 Å². The quantitative estimate of drug-likeness (QED) is 0.384. The maximum absolute atomic E-state index is 13.3. The zero-order valence-corrected chi connectivity index (χ0v) is 21.6. The van der Waals surface area contributed by atoms with Gasteiger partial charge in [-0.15, -0.1) is 11.3 Å². The molecule has 2 aromatic carbocycles.